The van der Waals surface area contributed by atoms with E-state index in [0.29, 0.717) is 31.6 Å². The number of sulfonamides is 1. The van der Waals surface area contributed by atoms with Gasteiger partial charge in [-0.25, -0.2) is 17.9 Å². The van der Waals surface area contributed by atoms with Crippen LogP contribution in [0.3, 0.4) is 0 Å². The third-order valence-electron chi connectivity index (χ3n) is 4.76. The minimum absolute atomic E-state index is 0.0447. The molecule has 154 valence electrons. The number of hydrogen-bond acceptors (Lipinski definition) is 4. The summed E-state index contributed by atoms with van der Waals surface area (Å²) in [6, 6.07) is 9.44. The fourth-order valence-corrected chi connectivity index (χ4v) is 3.82. The highest BCUT2D eigenvalue weighted by molar-refractivity contribution is 7.89. The topological polar surface area (TPSA) is 110 Å². The van der Waals surface area contributed by atoms with Crippen LogP contribution in [-0.2, 0) is 14.8 Å². The molecule has 2 aromatic rings. The molecular formula is C19H19ClFN3O4S. The average molecular weight is 440 g/mol. The van der Waals surface area contributed by atoms with Gasteiger partial charge in [0.2, 0.25) is 15.9 Å². The number of nitrogens with one attached hydrogen (secondary N) is 1. The van der Waals surface area contributed by atoms with Crippen molar-refractivity contribution in [3.8, 4) is 0 Å². The van der Waals surface area contributed by atoms with Gasteiger partial charge in [-0.2, -0.15) is 0 Å². The Bertz CT molecular complexity index is 1040. The largest absolute Gasteiger partial charge is 0.339 e. The van der Waals surface area contributed by atoms with Gasteiger partial charge in [0.25, 0.3) is 5.91 Å². The molecule has 0 bridgehead atoms. The van der Waals surface area contributed by atoms with E-state index in [4.69, 9.17) is 16.7 Å². The Morgan fingerprint density at radius 2 is 1.72 bits per heavy atom. The van der Waals surface area contributed by atoms with Crippen LogP contribution in [0.15, 0.2) is 47.4 Å². The normalized spacial score (nSPS) is 15.2. The molecule has 0 saturated carbocycles. The van der Waals surface area contributed by atoms with Gasteiger partial charge in [-0.15, -0.1) is 0 Å². The molecule has 0 aromatic heterocycles. The number of carbonyl (C=O) groups excluding carboxylic acids is 2. The van der Waals surface area contributed by atoms with Gasteiger partial charge in [-0.3, -0.25) is 9.59 Å². The van der Waals surface area contributed by atoms with E-state index in [1.165, 1.54) is 41.3 Å². The van der Waals surface area contributed by atoms with Crippen molar-refractivity contribution >= 4 is 39.1 Å². The first-order valence-corrected chi connectivity index (χ1v) is 10.8. The Hall–Kier alpha value is -2.49. The maximum atomic E-state index is 14.0. The highest BCUT2D eigenvalue weighted by atomic mass is 35.5. The quantitative estimate of drug-likeness (QED) is 0.762. The number of piperidine rings is 1. The second kappa shape index (κ2) is 8.48. The molecule has 2 aromatic carbocycles. The summed E-state index contributed by atoms with van der Waals surface area (Å²) in [7, 11) is -3.80. The van der Waals surface area contributed by atoms with Crippen LogP contribution in [-0.4, -0.2) is 38.2 Å². The average Bonchev–Trinajstić information content (AvgIpc) is 2.67. The first kappa shape index (κ1) is 21.2. The number of nitrogens with zero attached hydrogens (tertiary/aromatic N) is 1. The molecule has 1 saturated heterocycles. The number of anilines is 1. The van der Waals surface area contributed by atoms with E-state index in [9.17, 15) is 22.4 Å². The minimum Gasteiger partial charge on any atom is -0.339 e. The van der Waals surface area contributed by atoms with E-state index in [1.807, 2.05) is 0 Å². The number of halogens is 2. The van der Waals surface area contributed by atoms with Gasteiger partial charge in [0.05, 0.1) is 10.5 Å². The molecule has 3 N–H and O–H groups in total. The Kier molecular flexibility index (Phi) is 6.21. The molecular weight excluding hydrogens is 421 g/mol. The van der Waals surface area contributed by atoms with Gasteiger partial charge in [-0.1, -0.05) is 11.6 Å². The molecule has 3 rings (SSSR count). The Morgan fingerprint density at radius 1 is 1.10 bits per heavy atom. The maximum absolute atomic E-state index is 14.0. The SMILES string of the molecule is NS(=O)(=O)c1ccc(NC(=O)C2CCN(C(=O)c3ccc(Cl)cc3F)CC2)cc1. The lowest BCUT2D eigenvalue weighted by Gasteiger charge is -2.31. The van der Waals surface area contributed by atoms with Crippen molar-refractivity contribution in [2.45, 2.75) is 17.7 Å². The van der Waals surface area contributed by atoms with Crippen molar-refractivity contribution in [3.05, 3.63) is 58.9 Å². The molecule has 1 aliphatic heterocycles. The standard InChI is InChI=1S/C19H19ClFN3O4S/c20-13-1-6-16(17(21)11-13)19(26)24-9-7-12(8-10-24)18(25)23-14-2-4-15(5-3-14)29(22,27)28/h1-6,11-12H,7-10H2,(H,23,25)(H2,22,27,28). The molecule has 0 aliphatic carbocycles. The fourth-order valence-electron chi connectivity index (χ4n) is 3.15. The summed E-state index contributed by atoms with van der Waals surface area (Å²) >= 11 is 5.71. The van der Waals surface area contributed by atoms with Gasteiger partial charge in [0.1, 0.15) is 5.82 Å². The van der Waals surface area contributed by atoms with Gasteiger partial charge in [0.15, 0.2) is 0 Å². The Morgan fingerprint density at radius 3 is 2.28 bits per heavy atom. The van der Waals surface area contributed by atoms with Crippen molar-refractivity contribution in [3.63, 3.8) is 0 Å². The summed E-state index contributed by atoms with van der Waals surface area (Å²) in [6.07, 6.45) is 0.865. The first-order valence-electron chi connectivity index (χ1n) is 8.83. The minimum atomic E-state index is -3.80. The van der Waals surface area contributed by atoms with Gasteiger partial charge >= 0.3 is 0 Å². The van der Waals surface area contributed by atoms with Gasteiger partial charge in [0, 0.05) is 29.7 Å². The van der Waals surface area contributed by atoms with Crippen LogP contribution >= 0.6 is 11.6 Å². The molecule has 29 heavy (non-hydrogen) atoms. The van der Waals surface area contributed by atoms with E-state index in [0.717, 1.165) is 6.07 Å². The van der Waals surface area contributed by atoms with Crippen molar-refractivity contribution < 1.29 is 22.4 Å². The molecule has 1 fully saturated rings. The molecule has 2 amide bonds. The van der Waals surface area contributed by atoms with E-state index >= 15 is 0 Å². The summed E-state index contributed by atoms with van der Waals surface area (Å²) in [5.41, 5.74) is 0.399. The molecule has 0 radical (unpaired) electrons. The predicted octanol–water partition coefficient (Wildman–Crippen LogP) is 2.62. The molecule has 1 heterocycles. The zero-order chi connectivity index (χ0) is 21.2. The first-order chi connectivity index (χ1) is 13.6. The number of carbonyl (C=O) groups is 2. The van der Waals surface area contributed by atoms with Crippen LogP contribution in [0, 0.1) is 11.7 Å². The molecule has 0 atom stereocenters. The number of benzene rings is 2. The lowest BCUT2D eigenvalue weighted by molar-refractivity contribution is -0.121. The summed E-state index contributed by atoms with van der Waals surface area (Å²) < 4.78 is 36.5. The van der Waals surface area contributed by atoms with Crippen molar-refractivity contribution in [2.75, 3.05) is 18.4 Å². The van der Waals surface area contributed by atoms with E-state index < -0.39 is 21.7 Å². The highest BCUT2D eigenvalue weighted by Crippen LogP contribution is 2.23. The summed E-state index contributed by atoms with van der Waals surface area (Å²) in [5, 5.41) is 7.99. The number of primary sulfonamides is 1. The third-order valence-corrected chi connectivity index (χ3v) is 5.93. The number of rotatable bonds is 4. The third kappa shape index (κ3) is 5.11. The van der Waals surface area contributed by atoms with Crippen LogP contribution in [0.5, 0.6) is 0 Å². The van der Waals surface area contributed by atoms with Crippen molar-refractivity contribution in [2.24, 2.45) is 11.1 Å². The molecule has 1 aliphatic rings. The van der Waals surface area contributed by atoms with Crippen LogP contribution < -0.4 is 10.5 Å². The van der Waals surface area contributed by atoms with Gasteiger partial charge in [-0.05, 0) is 55.3 Å². The fraction of sp³-hybridized carbons (Fsp3) is 0.263. The molecule has 7 nitrogen and oxygen atoms in total. The van der Waals surface area contributed by atoms with Gasteiger partial charge < -0.3 is 10.2 Å². The van der Waals surface area contributed by atoms with Crippen molar-refractivity contribution in [1.82, 2.24) is 4.90 Å². The lowest BCUT2D eigenvalue weighted by atomic mass is 9.95. The van der Waals surface area contributed by atoms with Crippen molar-refractivity contribution in [1.29, 1.82) is 0 Å². The smallest absolute Gasteiger partial charge is 0.256 e. The number of nitrogens with two attached hydrogens (primary N) is 1. The summed E-state index contributed by atoms with van der Waals surface area (Å²) in [4.78, 5) is 26.4. The monoisotopic (exact) mass is 439 g/mol. The van der Waals surface area contributed by atoms with Crippen LogP contribution in [0.4, 0.5) is 10.1 Å². The highest BCUT2D eigenvalue weighted by Gasteiger charge is 2.29. The molecule has 0 unspecified atom stereocenters. The van der Waals surface area contributed by atoms with E-state index in [1.54, 1.807) is 0 Å². The second-order valence-electron chi connectivity index (χ2n) is 6.75. The van der Waals surface area contributed by atoms with E-state index in [-0.39, 0.29) is 27.3 Å². The maximum Gasteiger partial charge on any atom is 0.256 e. The zero-order valence-electron chi connectivity index (χ0n) is 15.3. The van der Waals surface area contributed by atoms with Crippen LogP contribution in [0.2, 0.25) is 5.02 Å². The molecule has 10 heteroatoms. The Balaban J connectivity index is 1.57. The number of amides is 2. The second-order valence-corrected chi connectivity index (χ2v) is 8.75. The number of likely N-dealkylation sites (tertiary alicyclic amines) is 1. The summed E-state index contributed by atoms with van der Waals surface area (Å²) in [5.74, 6) is -1.65. The van der Waals surface area contributed by atoms with Crippen LogP contribution in [0.1, 0.15) is 23.2 Å². The Labute approximate surface area is 172 Å². The zero-order valence-corrected chi connectivity index (χ0v) is 16.8. The summed E-state index contributed by atoms with van der Waals surface area (Å²) in [6.45, 7) is 0.646. The van der Waals surface area contributed by atoms with E-state index in [2.05, 4.69) is 5.32 Å². The van der Waals surface area contributed by atoms with Crippen LogP contribution in [0.25, 0.3) is 0 Å². The number of hydrogen-bond donors (Lipinski definition) is 2. The molecule has 0 spiro atoms. The predicted molar refractivity (Wildman–Crippen MR) is 106 cm³/mol. The lowest BCUT2D eigenvalue weighted by Crippen LogP contribution is -2.41.